The first-order valence-electron chi connectivity index (χ1n) is 6.33. The van der Waals surface area contributed by atoms with Gasteiger partial charge in [0.2, 0.25) is 0 Å². The summed E-state index contributed by atoms with van der Waals surface area (Å²) in [5, 5.41) is 3.37. The zero-order valence-corrected chi connectivity index (χ0v) is 11.9. The highest BCUT2D eigenvalue weighted by molar-refractivity contribution is 5.26. The van der Waals surface area contributed by atoms with Gasteiger partial charge in [0.25, 0.3) is 0 Å². The summed E-state index contributed by atoms with van der Waals surface area (Å²) in [6.07, 6.45) is 0.755. The lowest BCUT2D eigenvalue weighted by Gasteiger charge is -2.28. The molecule has 1 N–H and O–H groups in total. The second-order valence-corrected chi connectivity index (χ2v) is 6.41. The van der Waals surface area contributed by atoms with Crippen molar-refractivity contribution in [2.24, 2.45) is 0 Å². The van der Waals surface area contributed by atoms with Crippen LogP contribution >= 0.6 is 0 Å². The predicted molar refractivity (Wildman–Crippen MR) is 71.8 cm³/mol. The van der Waals surface area contributed by atoms with E-state index in [2.05, 4.69) is 26.1 Å². The monoisotopic (exact) mass is 255 g/mol. The fourth-order valence-electron chi connectivity index (χ4n) is 1.91. The molecule has 0 spiro atoms. The molecule has 1 aromatic carbocycles. The van der Waals surface area contributed by atoms with Crippen LogP contribution in [0.1, 0.15) is 46.6 Å². The maximum atomic E-state index is 13.8. The van der Waals surface area contributed by atoms with Gasteiger partial charge in [-0.2, -0.15) is 0 Å². The minimum Gasteiger partial charge on any atom is -0.312 e. The molecule has 1 aromatic rings. The van der Waals surface area contributed by atoms with Gasteiger partial charge in [-0.15, -0.1) is 0 Å². The summed E-state index contributed by atoms with van der Waals surface area (Å²) in [6.45, 7) is 10.9. The Bertz CT molecular complexity index is 405. The first kappa shape index (κ1) is 15.1. The molecule has 0 aromatic heterocycles. The molecule has 0 unspecified atom stereocenters. The molecular weight excluding hydrogens is 232 g/mol. The third kappa shape index (κ3) is 4.05. The van der Waals surface area contributed by atoms with E-state index in [-0.39, 0.29) is 11.0 Å². The van der Waals surface area contributed by atoms with Gasteiger partial charge in [-0.25, -0.2) is 8.78 Å². The van der Waals surface area contributed by atoms with Crippen LogP contribution in [0.3, 0.4) is 0 Å². The second-order valence-electron chi connectivity index (χ2n) is 6.41. The number of hydrogen-bond acceptors (Lipinski definition) is 1. The van der Waals surface area contributed by atoms with Gasteiger partial charge < -0.3 is 5.32 Å². The van der Waals surface area contributed by atoms with Crippen molar-refractivity contribution < 1.29 is 8.78 Å². The fourth-order valence-corrected chi connectivity index (χ4v) is 1.91. The molecular formula is C15H23F2N. The Morgan fingerprint density at radius 3 is 2.22 bits per heavy atom. The minimum absolute atomic E-state index is 0.0383. The molecule has 1 rings (SSSR count). The predicted octanol–water partition coefficient (Wildman–Crippen LogP) is 4.02. The summed E-state index contributed by atoms with van der Waals surface area (Å²) >= 11 is 0. The Morgan fingerprint density at radius 1 is 1.06 bits per heavy atom. The molecule has 0 saturated carbocycles. The molecule has 1 nitrogen and oxygen atoms in total. The van der Waals surface area contributed by atoms with Crippen molar-refractivity contribution in [2.45, 2.75) is 52.0 Å². The molecule has 0 atom stereocenters. The lowest BCUT2D eigenvalue weighted by molar-refractivity contribution is 0.368. The van der Waals surface area contributed by atoms with Gasteiger partial charge in [0.1, 0.15) is 0 Å². The molecule has 18 heavy (non-hydrogen) atoms. The largest absolute Gasteiger partial charge is 0.312 e. The first-order chi connectivity index (χ1) is 8.13. The Kier molecular flexibility index (Phi) is 4.49. The van der Waals surface area contributed by atoms with Gasteiger partial charge in [0.05, 0.1) is 0 Å². The number of rotatable bonds is 4. The molecule has 3 heteroatoms. The summed E-state index contributed by atoms with van der Waals surface area (Å²) < 4.78 is 27.0. The lowest BCUT2D eigenvalue weighted by Crippen LogP contribution is -2.38. The molecule has 0 radical (unpaired) electrons. The Morgan fingerprint density at radius 2 is 1.67 bits per heavy atom. The normalized spacial score (nSPS) is 12.8. The van der Waals surface area contributed by atoms with Crippen LogP contribution in [0.5, 0.6) is 0 Å². The third-order valence-electron chi connectivity index (χ3n) is 3.09. The van der Waals surface area contributed by atoms with Crippen molar-refractivity contribution in [3.63, 3.8) is 0 Å². The minimum atomic E-state index is -0.774. The van der Waals surface area contributed by atoms with Crippen LogP contribution in [0.15, 0.2) is 18.2 Å². The summed E-state index contributed by atoms with van der Waals surface area (Å²) in [6, 6.07) is 4.38. The van der Waals surface area contributed by atoms with E-state index in [0.717, 1.165) is 19.0 Å². The van der Waals surface area contributed by atoms with E-state index in [1.54, 1.807) is 12.1 Å². The summed E-state index contributed by atoms with van der Waals surface area (Å²) in [4.78, 5) is 0. The molecule has 102 valence electrons. The maximum Gasteiger partial charge on any atom is 0.162 e. The third-order valence-corrected chi connectivity index (χ3v) is 3.09. The lowest BCUT2D eigenvalue weighted by atomic mass is 9.81. The van der Waals surface area contributed by atoms with E-state index >= 15 is 0 Å². The number of nitrogens with one attached hydrogen (secondary N) is 1. The molecule has 0 aliphatic carbocycles. The van der Waals surface area contributed by atoms with Crippen molar-refractivity contribution in [2.75, 3.05) is 6.54 Å². The van der Waals surface area contributed by atoms with Crippen molar-refractivity contribution in [1.29, 1.82) is 0 Å². The summed E-state index contributed by atoms with van der Waals surface area (Å²) in [5.74, 6) is -1.50. The molecule has 0 bridgehead atoms. The van der Waals surface area contributed by atoms with E-state index < -0.39 is 11.6 Å². The van der Waals surface area contributed by atoms with E-state index in [4.69, 9.17) is 0 Å². The van der Waals surface area contributed by atoms with Gasteiger partial charge in [-0.1, -0.05) is 26.0 Å². The molecule has 0 aliphatic heterocycles. The van der Waals surface area contributed by atoms with Crippen LogP contribution in [0.25, 0.3) is 0 Å². The SMILES string of the molecule is CC(C)(C)NCCC(C)(C)c1cccc(F)c1F. The standard InChI is InChI=1S/C15H23F2N/c1-14(2,3)18-10-9-15(4,5)11-7-6-8-12(16)13(11)17/h6-8,18H,9-10H2,1-5H3. The Labute approximate surface area is 109 Å². The van der Waals surface area contributed by atoms with Gasteiger partial charge in [-0.05, 0) is 50.8 Å². The van der Waals surface area contributed by atoms with E-state index in [1.165, 1.54) is 0 Å². The topological polar surface area (TPSA) is 12.0 Å². The summed E-state index contributed by atoms with van der Waals surface area (Å²) in [5.41, 5.74) is 0.0966. The van der Waals surface area contributed by atoms with E-state index in [0.29, 0.717) is 5.56 Å². The van der Waals surface area contributed by atoms with Crippen LogP contribution in [-0.4, -0.2) is 12.1 Å². The van der Waals surface area contributed by atoms with Gasteiger partial charge in [0.15, 0.2) is 11.6 Å². The van der Waals surface area contributed by atoms with Gasteiger partial charge in [0, 0.05) is 5.54 Å². The maximum absolute atomic E-state index is 13.8. The zero-order chi connectivity index (χ0) is 14.0. The highest BCUT2D eigenvalue weighted by Crippen LogP contribution is 2.29. The second kappa shape index (κ2) is 5.35. The van der Waals surface area contributed by atoms with Gasteiger partial charge >= 0.3 is 0 Å². The quantitative estimate of drug-likeness (QED) is 0.856. The van der Waals surface area contributed by atoms with Crippen LogP contribution in [0.4, 0.5) is 8.78 Å². The molecule has 0 saturated heterocycles. The number of halogens is 2. The van der Waals surface area contributed by atoms with Crippen LogP contribution in [-0.2, 0) is 5.41 Å². The smallest absolute Gasteiger partial charge is 0.162 e. The van der Waals surface area contributed by atoms with Crippen molar-refractivity contribution in [3.05, 3.63) is 35.4 Å². The van der Waals surface area contributed by atoms with Crippen LogP contribution < -0.4 is 5.32 Å². The van der Waals surface area contributed by atoms with Crippen molar-refractivity contribution in [1.82, 2.24) is 5.32 Å². The Balaban J connectivity index is 2.77. The van der Waals surface area contributed by atoms with Gasteiger partial charge in [-0.3, -0.25) is 0 Å². The Hall–Kier alpha value is -0.960. The van der Waals surface area contributed by atoms with Crippen LogP contribution in [0, 0.1) is 11.6 Å². The number of benzene rings is 1. The average Bonchev–Trinajstić information content (AvgIpc) is 2.19. The average molecular weight is 255 g/mol. The fraction of sp³-hybridized carbons (Fsp3) is 0.600. The summed E-state index contributed by atoms with van der Waals surface area (Å²) in [7, 11) is 0. The molecule has 0 aliphatic rings. The van der Waals surface area contributed by atoms with E-state index in [1.807, 2.05) is 13.8 Å². The molecule has 0 fully saturated rings. The van der Waals surface area contributed by atoms with Crippen molar-refractivity contribution in [3.8, 4) is 0 Å². The zero-order valence-electron chi connectivity index (χ0n) is 11.9. The number of hydrogen-bond donors (Lipinski definition) is 1. The van der Waals surface area contributed by atoms with Crippen molar-refractivity contribution >= 4 is 0 Å². The van der Waals surface area contributed by atoms with Crippen LogP contribution in [0.2, 0.25) is 0 Å². The highest BCUT2D eigenvalue weighted by atomic mass is 19.2. The highest BCUT2D eigenvalue weighted by Gasteiger charge is 2.25. The van der Waals surface area contributed by atoms with E-state index in [9.17, 15) is 8.78 Å². The first-order valence-corrected chi connectivity index (χ1v) is 6.33. The molecule has 0 heterocycles. The molecule has 0 amide bonds.